The first-order valence-corrected chi connectivity index (χ1v) is 11.9. The van der Waals surface area contributed by atoms with Crippen molar-refractivity contribution < 1.29 is 8.42 Å². The summed E-state index contributed by atoms with van der Waals surface area (Å²) in [6.45, 7) is 4.04. The van der Waals surface area contributed by atoms with E-state index < -0.39 is 10.0 Å². The largest absolute Gasteiger partial charge is 0.268 e. The van der Waals surface area contributed by atoms with Crippen LogP contribution >= 0.6 is 0 Å². The smallest absolute Gasteiger partial charge is 0.246 e. The van der Waals surface area contributed by atoms with Gasteiger partial charge in [0.2, 0.25) is 10.0 Å². The van der Waals surface area contributed by atoms with Crippen LogP contribution in [0, 0.1) is 0 Å². The van der Waals surface area contributed by atoms with Crippen molar-refractivity contribution in [1.82, 2.24) is 28.7 Å². The number of pyridine rings is 1. The molecule has 29 heavy (non-hydrogen) atoms. The van der Waals surface area contributed by atoms with E-state index in [4.69, 9.17) is 0 Å². The Morgan fingerprint density at radius 2 is 1.97 bits per heavy atom. The fraction of sp³-hybridized carbons (Fsp3) is 0.550. The summed E-state index contributed by atoms with van der Waals surface area (Å²) < 4.78 is 31.9. The van der Waals surface area contributed by atoms with Crippen LogP contribution in [0.25, 0.3) is 5.65 Å². The van der Waals surface area contributed by atoms with Gasteiger partial charge < -0.3 is 0 Å². The van der Waals surface area contributed by atoms with Crippen molar-refractivity contribution in [2.24, 2.45) is 0 Å². The van der Waals surface area contributed by atoms with Crippen LogP contribution in [-0.4, -0.2) is 50.2 Å². The highest BCUT2D eigenvalue weighted by Crippen LogP contribution is 2.34. The van der Waals surface area contributed by atoms with Crippen LogP contribution in [0.2, 0.25) is 0 Å². The number of hydrogen-bond donors (Lipinski definition) is 0. The summed E-state index contributed by atoms with van der Waals surface area (Å²) in [6.07, 6.45) is 10.6. The summed E-state index contributed by atoms with van der Waals surface area (Å²) in [5.41, 5.74) is 4.28. The second-order valence-electron chi connectivity index (χ2n) is 7.98. The number of hydrogen-bond acceptors (Lipinski definition) is 5. The molecule has 5 heterocycles. The summed E-state index contributed by atoms with van der Waals surface area (Å²) in [7, 11) is -3.48. The van der Waals surface area contributed by atoms with Gasteiger partial charge in [0.25, 0.3) is 0 Å². The molecule has 154 valence electrons. The highest BCUT2D eigenvalue weighted by atomic mass is 32.2. The van der Waals surface area contributed by atoms with Crippen molar-refractivity contribution in [3.05, 3.63) is 41.6 Å². The SMILES string of the molecule is CCc1cc2ncnn2cc1C1CCN(S(=O)(=O)c2cnn3c2CCCC3)CC1. The van der Waals surface area contributed by atoms with Crippen molar-refractivity contribution in [2.75, 3.05) is 13.1 Å². The Morgan fingerprint density at radius 1 is 1.14 bits per heavy atom. The predicted molar refractivity (Wildman–Crippen MR) is 108 cm³/mol. The quantitative estimate of drug-likeness (QED) is 0.654. The predicted octanol–water partition coefficient (Wildman–Crippen LogP) is 2.39. The Morgan fingerprint density at radius 3 is 2.76 bits per heavy atom. The van der Waals surface area contributed by atoms with Crippen LogP contribution in [0.4, 0.5) is 0 Å². The van der Waals surface area contributed by atoms with Gasteiger partial charge in [0.15, 0.2) is 5.65 Å². The monoisotopic (exact) mass is 414 g/mol. The molecule has 2 aliphatic rings. The molecule has 0 aliphatic carbocycles. The van der Waals surface area contributed by atoms with Gasteiger partial charge in [0, 0.05) is 25.8 Å². The molecule has 1 fully saturated rings. The highest BCUT2D eigenvalue weighted by molar-refractivity contribution is 7.89. The number of fused-ring (bicyclic) bond motifs is 2. The molecule has 0 aromatic carbocycles. The lowest BCUT2D eigenvalue weighted by Crippen LogP contribution is -2.38. The van der Waals surface area contributed by atoms with Gasteiger partial charge in [-0.25, -0.2) is 17.9 Å². The molecule has 0 spiro atoms. The fourth-order valence-corrected chi connectivity index (χ4v) is 6.40. The second kappa shape index (κ2) is 7.21. The van der Waals surface area contributed by atoms with E-state index in [1.807, 2.05) is 9.20 Å². The van der Waals surface area contributed by atoms with Crippen molar-refractivity contribution in [3.8, 4) is 0 Å². The van der Waals surface area contributed by atoms with Crippen molar-refractivity contribution in [1.29, 1.82) is 0 Å². The fourth-order valence-electron chi connectivity index (χ4n) is 4.74. The molecule has 8 nitrogen and oxygen atoms in total. The van der Waals surface area contributed by atoms with E-state index in [0.717, 1.165) is 56.4 Å². The summed E-state index contributed by atoms with van der Waals surface area (Å²) >= 11 is 0. The number of piperidine rings is 1. The van der Waals surface area contributed by atoms with Crippen LogP contribution in [0.5, 0.6) is 0 Å². The van der Waals surface area contributed by atoms with E-state index in [-0.39, 0.29) is 0 Å². The maximum absolute atomic E-state index is 13.3. The zero-order valence-electron chi connectivity index (χ0n) is 16.7. The van der Waals surface area contributed by atoms with E-state index in [2.05, 4.69) is 34.4 Å². The van der Waals surface area contributed by atoms with Gasteiger partial charge in [-0.15, -0.1) is 0 Å². The minimum atomic E-state index is -3.48. The number of nitrogens with zero attached hydrogens (tertiary/aromatic N) is 6. The Bertz CT molecular complexity index is 1140. The molecule has 0 radical (unpaired) electrons. The first-order valence-electron chi connectivity index (χ1n) is 10.4. The number of aromatic nitrogens is 5. The third-order valence-corrected chi connectivity index (χ3v) is 8.31. The van der Waals surface area contributed by atoms with Crippen LogP contribution in [0.1, 0.15) is 55.3 Å². The molecule has 2 aliphatic heterocycles. The molecule has 5 rings (SSSR count). The maximum Gasteiger partial charge on any atom is 0.246 e. The lowest BCUT2D eigenvalue weighted by Gasteiger charge is -2.32. The zero-order chi connectivity index (χ0) is 20.0. The molecule has 3 aromatic heterocycles. The normalized spacial score (nSPS) is 18.9. The lowest BCUT2D eigenvalue weighted by molar-refractivity contribution is 0.318. The third kappa shape index (κ3) is 3.16. The van der Waals surface area contributed by atoms with Crippen LogP contribution in [0.15, 0.2) is 29.7 Å². The lowest BCUT2D eigenvalue weighted by atomic mass is 9.87. The van der Waals surface area contributed by atoms with Crippen molar-refractivity contribution in [3.63, 3.8) is 0 Å². The minimum Gasteiger partial charge on any atom is -0.268 e. The number of aryl methyl sites for hydroxylation is 2. The van der Waals surface area contributed by atoms with E-state index in [9.17, 15) is 8.42 Å². The minimum absolute atomic E-state index is 0.339. The molecule has 3 aromatic rings. The molecule has 0 saturated carbocycles. The first kappa shape index (κ1) is 18.7. The average Bonchev–Trinajstić information content (AvgIpc) is 3.39. The van der Waals surface area contributed by atoms with Gasteiger partial charge in [-0.05, 0) is 61.6 Å². The van der Waals surface area contributed by atoms with Gasteiger partial charge in [-0.1, -0.05) is 6.92 Å². The van der Waals surface area contributed by atoms with E-state index in [1.165, 1.54) is 11.1 Å². The van der Waals surface area contributed by atoms with E-state index in [0.29, 0.717) is 23.9 Å². The number of rotatable bonds is 4. The van der Waals surface area contributed by atoms with Gasteiger partial charge >= 0.3 is 0 Å². The van der Waals surface area contributed by atoms with Crippen molar-refractivity contribution >= 4 is 15.7 Å². The standard InChI is InChI=1S/C20H26N6O2S/c1-2-15-11-20-21-14-23-26(20)13-17(15)16-6-9-24(10-7-16)29(27,28)19-12-22-25-8-4-3-5-18(19)25/h11-14,16H,2-10H2,1H3. The van der Waals surface area contributed by atoms with Crippen LogP contribution in [0.3, 0.4) is 0 Å². The summed E-state index contributed by atoms with van der Waals surface area (Å²) in [6, 6.07) is 2.10. The van der Waals surface area contributed by atoms with E-state index in [1.54, 1.807) is 16.8 Å². The van der Waals surface area contributed by atoms with Gasteiger partial charge in [-0.3, -0.25) is 4.68 Å². The molecular formula is C20H26N6O2S. The van der Waals surface area contributed by atoms with Gasteiger partial charge in [0.05, 0.1) is 11.9 Å². The average molecular weight is 415 g/mol. The van der Waals surface area contributed by atoms with Gasteiger partial charge in [0.1, 0.15) is 11.2 Å². The third-order valence-electron chi connectivity index (χ3n) is 6.37. The summed E-state index contributed by atoms with van der Waals surface area (Å²) in [5, 5.41) is 8.59. The van der Waals surface area contributed by atoms with Crippen LogP contribution in [-0.2, 0) is 29.4 Å². The zero-order valence-corrected chi connectivity index (χ0v) is 17.5. The Labute approximate surface area is 170 Å². The Balaban J connectivity index is 1.37. The Kier molecular flexibility index (Phi) is 4.66. The maximum atomic E-state index is 13.3. The molecule has 0 atom stereocenters. The Hall–Kier alpha value is -2.26. The molecule has 0 N–H and O–H groups in total. The van der Waals surface area contributed by atoms with E-state index >= 15 is 0 Å². The topological polar surface area (TPSA) is 85.4 Å². The second-order valence-corrected chi connectivity index (χ2v) is 9.89. The molecule has 0 amide bonds. The van der Waals surface area contributed by atoms with Gasteiger partial charge in [-0.2, -0.15) is 14.5 Å². The molecule has 0 unspecified atom stereocenters. The first-order chi connectivity index (χ1) is 14.1. The molecule has 0 bridgehead atoms. The molecule has 9 heteroatoms. The number of sulfonamides is 1. The van der Waals surface area contributed by atoms with Crippen molar-refractivity contribution in [2.45, 2.75) is 62.8 Å². The highest BCUT2D eigenvalue weighted by Gasteiger charge is 2.34. The van der Waals surface area contributed by atoms with Crippen LogP contribution < -0.4 is 0 Å². The summed E-state index contributed by atoms with van der Waals surface area (Å²) in [4.78, 5) is 4.69. The molecule has 1 saturated heterocycles. The summed E-state index contributed by atoms with van der Waals surface area (Å²) in [5.74, 6) is 0.339. The molecular weight excluding hydrogens is 388 g/mol.